The minimum Gasteiger partial charge on any atom is -0.506 e. The van der Waals surface area contributed by atoms with E-state index in [0.717, 1.165) is 32.7 Å². The molecule has 0 saturated carbocycles. The molecule has 3 rings (SSSR count). The van der Waals surface area contributed by atoms with Gasteiger partial charge in [-0.25, -0.2) is 0 Å². The molecule has 0 spiro atoms. The van der Waals surface area contributed by atoms with Gasteiger partial charge in [0.15, 0.2) is 0 Å². The van der Waals surface area contributed by atoms with Gasteiger partial charge in [0, 0.05) is 16.7 Å². The summed E-state index contributed by atoms with van der Waals surface area (Å²) in [4.78, 5) is 0.869. The van der Waals surface area contributed by atoms with Crippen LogP contribution >= 0.6 is 23.1 Å². The van der Waals surface area contributed by atoms with Crippen LogP contribution in [0.5, 0.6) is 11.5 Å². The van der Waals surface area contributed by atoms with E-state index in [9.17, 15) is 10.2 Å². The maximum Gasteiger partial charge on any atom is 0.138 e. The SMILES string of the molecule is Oc1c2c(c(O)c3sccc13)CCS2. The molecule has 72 valence electrons. The highest BCUT2D eigenvalue weighted by Crippen LogP contribution is 2.49. The van der Waals surface area contributed by atoms with Gasteiger partial charge in [0.2, 0.25) is 0 Å². The summed E-state index contributed by atoms with van der Waals surface area (Å²) in [6.45, 7) is 0. The van der Waals surface area contributed by atoms with E-state index < -0.39 is 0 Å². The number of rotatable bonds is 0. The Morgan fingerprint density at radius 3 is 2.93 bits per heavy atom. The van der Waals surface area contributed by atoms with Crippen molar-refractivity contribution in [2.75, 3.05) is 5.75 Å². The van der Waals surface area contributed by atoms with Crippen molar-refractivity contribution < 1.29 is 10.2 Å². The second-order valence-corrected chi connectivity index (χ2v) is 5.29. The molecular formula is C10H8O2S2. The summed E-state index contributed by atoms with van der Waals surface area (Å²) >= 11 is 3.10. The summed E-state index contributed by atoms with van der Waals surface area (Å²) in [5.74, 6) is 1.66. The molecule has 0 radical (unpaired) electrons. The minimum atomic E-state index is 0.344. The summed E-state index contributed by atoms with van der Waals surface area (Å²) in [7, 11) is 0. The lowest BCUT2D eigenvalue weighted by molar-refractivity contribution is 0.454. The second-order valence-electron chi connectivity index (χ2n) is 3.27. The van der Waals surface area contributed by atoms with Crippen LogP contribution in [0.1, 0.15) is 5.56 Å². The maximum atomic E-state index is 9.97. The third-order valence-corrected chi connectivity index (χ3v) is 4.57. The quantitative estimate of drug-likeness (QED) is 0.676. The molecule has 1 aromatic carbocycles. The van der Waals surface area contributed by atoms with Crippen LogP contribution < -0.4 is 0 Å². The van der Waals surface area contributed by atoms with Gasteiger partial charge in [-0.15, -0.1) is 23.1 Å². The summed E-state index contributed by atoms with van der Waals surface area (Å²) in [5, 5.41) is 22.6. The number of phenolic OH excluding ortho intramolecular Hbond substituents is 2. The van der Waals surface area contributed by atoms with Crippen molar-refractivity contribution in [3.63, 3.8) is 0 Å². The molecule has 2 N–H and O–H groups in total. The maximum absolute atomic E-state index is 9.97. The first kappa shape index (κ1) is 8.44. The minimum absolute atomic E-state index is 0.344. The molecule has 0 bridgehead atoms. The van der Waals surface area contributed by atoms with Gasteiger partial charge in [0.1, 0.15) is 11.5 Å². The third-order valence-electron chi connectivity index (χ3n) is 2.51. The predicted octanol–water partition coefficient (Wildman–Crippen LogP) is 2.96. The van der Waals surface area contributed by atoms with Crippen LogP contribution in [-0.4, -0.2) is 16.0 Å². The Hall–Kier alpha value is -0.870. The van der Waals surface area contributed by atoms with Crippen LogP contribution in [0.15, 0.2) is 16.3 Å². The number of aromatic hydroxyl groups is 2. The van der Waals surface area contributed by atoms with Crippen molar-refractivity contribution in [3.05, 3.63) is 17.0 Å². The number of phenols is 2. The lowest BCUT2D eigenvalue weighted by atomic mass is 10.1. The number of thioether (sulfide) groups is 1. The molecule has 14 heavy (non-hydrogen) atoms. The van der Waals surface area contributed by atoms with Crippen molar-refractivity contribution in [2.24, 2.45) is 0 Å². The van der Waals surface area contributed by atoms with Crippen molar-refractivity contribution in [1.82, 2.24) is 0 Å². The highest BCUT2D eigenvalue weighted by molar-refractivity contribution is 7.99. The van der Waals surface area contributed by atoms with Gasteiger partial charge in [-0.3, -0.25) is 0 Å². The average Bonchev–Trinajstić information content (AvgIpc) is 2.82. The standard InChI is InChI=1S/C10H8O2S2/c11-7-5-1-3-13-9(5)8(12)6-2-4-14-10(6)7/h1,3,11-12H,2,4H2. The molecule has 2 heterocycles. The smallest absolute Gasteiger partial charge is 0.138 e. The first-order chi connectivity index (χ1) is 6.79. The largest absolute Gasteiger partial charge is 0.506 e. The van der Waals surface area contributed by atoms with E-state index in [0.29, 0.717) is 11.5 Å². The molecule has 1 aliphatic rings. The molecule has 1 aliphatic heterocycles. The van der Waals surface area contributed by atoms with Gasteiger partial charge in [0.25, 0.3) is 0 Å². The van der Waals surface area contributed by atoms with Gasteiger partial charge in [-0.05, 0) is 17.9 Å². The van der Waals surface area contributed by atoms with Crippen LogP contribution in [0.4, 0.5) is 0 Å². The summed E-state index contributed by atoms with van der Waals surface area (Å²) < 4.78 is 0.809. The number of hydrogen-bond acceptors (Lipinski definition) is 4. The monoisotopic (exact) mass is 224 g/mol. The zero-order chi connectivity index (χ0) is 9.71. The van der Waals surface area contributed by atoms with Crippen molar-refractivity contribution >= 4 is 33.2 Å². The molecule has 1 aromatic heterocycles. The summed E-state index contributed by atoms with van der Waals surface area (Å²) in [6.07, 6.45) is 0.854. The molecule has 0 atom stereocenters. The topological polar surface area (TPSA) is 40.5 Å². The fourth-order valence-electron chi connectivity index (χ4n) is 1.83. The third kappa shape index (κ3) is 0.925. The lowest BCUT2D eigenvalue weighted by Crippen LogP contribution is -1.83. The van der Waals surface area contributed by atoms with Crippen LogP contribution in [0.25, 0.3) is 10.1 Å². The Balaban J connectivity index is 2.51. The van der Waals surface area contributed by atoms with E-state index in [1.165, 1.54) is 11.3 Å². The molecule has 0 aliphatic carbocycles. The number of hydrogen-bond donors (Lipinski definition) is 2. The molecule has 2 nitrogen and oxygen atoms in total. The average molecular weight is 224 g/mol. The Bertz CT molecular complexity index is 472. The molecule has 0 amide bonds. The van der Waals surface area contributed by atoms with Crippen molar-refractivity contribution in [1.29, 1.82) is 0 Å². The zero-order valence-electron chi connectivity index (χ0n) is 7.28. The van der Waals surface area contributed by atoms with E-state index in [-0.39, 0.29) is 0 Å². The van der Waals surface area contributed by atoms with E-state index >= 15 is 0 Å². The van der Waals surface area contributed by atoms with Gasteiger partial charge in [-0.2, -0.15) is 0 Å². The molecule has 0 fully saturated rings. The Morgan fingerprint density at radius 2 is 2.07 bits per heavy atom. The molecule has 4 heteroatoms. The first-order valence-electron chi connectivity index (χ1n) is 4.36. The van der Waals surface area contributed by atoms with Crippen LogP contribution in [0.3, 0.4) is 0 Å². The molecular weight excluding hydrogens is 216 g/mol. The Morgan fingerprint density at radius 1 is 1.21 bits per heavy atom. The van der Waals surface area contributed by atoms with E-state index in [2.05, 4.69) is 0 Å². The van der Waals surface area contributed by atoms with Gasteiger partial charge >= 0.3 is 0 Å². The fourth-order valence-corrected chi connectivity index (χ4v) is 3.83. The summed E-state index contributed by atoms with van der Waals surface area (Å²) in [5.41, 5.74) is 0.919. The van der Waals surface area contributed by atoms with Gasteiger partial charge in [0.05, 0.1) is 9.60 Å². The van der Waals surface area contributed by atoms with Crippen LogP contribution in [0, 0.1) is 0 Å². The molecule has 2 aromatic rings. The predicted molar refractivity (Wildman–Crippen MR) is 59.6 cm³/mol. The summed E-state index contributed by atoms with van der Waals surface area (Å²) in [6, 6.07) is 1.86. The normalized spacial score (nSPS) is 14.9. The van der Waals surface area contributed by atoms with Crippen LogP contribution in [0.2, 0.25) is 0 Å². The second kappa shape index (κ2) is 2.81. The highest BCUT2D eigenvalue weighted by atomic mass is 32.2. The van der Waals surface area contributed by atoms with E-state index in [1.54, 1.807) is 11.8 Å². The molecule has 0 saturated heterocycles. The Kier molecular flexibility index (Phi) is 1.69. The van der Waals surface area contributed by atoms with Crippen molar-refractivity contribution in [3.8, 4) is 11.5 Å². The highest BCUT2D eigenvalue weighted by Gasteiger charge is 2.23. The number of fused-ring (bicyclic) bond motifs is 2. The fraction of sp³-hybridized carbons (Fsp3) is 0.200. The van der Waals surface area contributed by atoms with Gasteiger partial charge in [-0.1, -0.05) is 0 Å². The molecule has 0 unspecified atom stereocenters. The van der Waals surface area contributed by atoms with Crippen LogP contribution in [-0.2, 0) is 6.42 Å². The first-order valence-corrected chi connectivity index (χ1v) is 6.22. The lowest BCUT2D eigenvalue weighted by Gasteiger charge is -2.06. The zero-order valence-corrected chi connectivity index (χ0v) is 8.91. The number of benzene rings is 1. The number of thiophene rings is 1. The van der Waals surface area contributed by atoms with Crippen molar-refractivity contribution in [2.45, 2.75) is 11.3 Å². The Labute approximate surface area is 89.2 Å². The van der Waals surface area contributed by atoms with Gasteiger partial charge < -0.3 is 10.2 Å². The van der Waals surface area contributed by atoms with E-state index in [4.69, 9.17) is 0 Å². The van der Waals surface area contributed by atoms with E-state index in [1.807, 2.05) is 11.4 Å².